The Kier molecular flexibility index (Phi) is 11.0. The van der Waals surface area contributed by atoms with Crippen LogP contribution in [-0.2, 0) is 16.2 Å². The van der Waals surface area contributed by atoms with Gasteiger partial charge in [0.25, 0.3) is 0 Å². The molecule has 0 aliphatic carbocycles. The summed E-state index contributed by atoms with van der Waals surface area (Å²) in [4.78, 5) is 0. The van der Waals surface area contributed by atoms with E-state index in [1.807, 2.05) is 19.9 Å². The van der Waals surface area contributed by atoms with Crippen molar-refractivity contribution in [3.05, 3.63) is 105 Å². The Balaban J connectivity index is 0.000000292. The minimum absolute atomic E-state index is 0.0997. The van der Waals surface area contributed by atoms with Crippen molar-refractivity contribution in [3.63, 3.8) is 0 Å². The van der Waals surface area contributed by atoms with Crippen molar-refractivity contribution >= 4 is 0 Å². The van der Waals surface area contributed by atoms with Gasteiger partial charge < -0.3 is 0 Å². The molecule has 0 saturated carbocycles. The van der Waals surface area contributed by atoms with Crippen molar-refractivity contribution in [1.82, 2.24) is 0 Å². The van der Waals surface area contributed by atoms with E-state index < -0.39 is 40.3 Å². The molecule has 0 bridgehead atoms. The van der Waals surface area contributed by atoms with Crippen molar-refractivity contribution in [3.8, 4) is 0 Å². The normalized spacial score (nSPS) is 11.8. The van der Waals surface area contributed by atoms with Gasteiger partial charge in [-0.05, 0) is 82.2 Å². The average Bonchev–Trinajstić information content (AvgIpc) is 2.77. The summed E-state index contributed by atoms with van der Waals surface area (Å²) in [7, 11) is 0. The molecule has 3 aromatic rings. The molecule has 0 aromatic heterocycles. The smallest absolute Gasteiger partial charge is 0.194 e. The molecule has 0 aliphatic rings. The predicted octanol–water partition coefficient (Wildman–Crippen LogP) is 10.5. The summed E-state index contributed by atoms with van der Waals surface area (Å²) in [6, 6.07) is 7.71. The maximum atomic E-state index is 13.1. The van der Waals surface area contributed by atoms with Gasteiger partial charge in [0.05, 0.1) is 0 Å². The van der Waals surface area contributed by atoms with Crippen molar-refractivity contribution < 1.29 is 30.7 Å². The van der Waals surface area contributed by atoms with Crippen molar-refractivity contribution in [2.24, 2.45) is 0 Å². The van der Waals surface area contributed by atoms with Gasteiger partial charge in [-0.15, -0.1) is 0 Å². The first-order valence-electron chi connectivity index (χ1n) is 12.5. The van der Waals surface area contributed by atoms with E-state index in [1.54, 1.807) is 47.6 Å². The Morgan fingerprint density at radius 2 is 0.821 bits per heavy atom. The van der Waals surface area contributed by atoms with Crippen LogP contribution in [-0.4, -0.2) is 0 Å². The fourth-order valence-electron chi connectivity index (χ4n) is 3.69. The van der Waals surface area contributed by atoms with Crippen LogP contribution < -0.4 is 0 Å². The largest absolute Gasteiger partial charge is 0.207 e. The van der Waals surface area contributed by atoms with E-state index in [2.05, 4.69) is 20.8 Å². The SMILES string of the molecule is CC(C)(C)c1cc(F)c(F)c(F)c1.CC(C)(C)c1ccc(F)c(F)c1F.Cc1c(F)ccc(C(C)(C)C)c1C. The minimum Gasteiger partial charge on any atom is -0.207 e. The molecular formula is C32H39F7. The van der Waals surface area contributed by atoms with E-state index in [9.17, 15) is 30.7 Å². The van der Waals surface area contributed by atoms with Gasteiger partial charge in [0.1, 0.15) is 5.82 Å². The number of hydrogen-bond acceptors (Lipinski definition) is 0. The van der Waals surface area contributed by atoms with Gasteiger partial charge in [-0.3, -0.25) is 0 Å². The molecule has 0 heterocycles. The molecule has 3 aromatic carbocycles. The molecule has 0 N–H and O–H groups in total. The molecule has 0 saturated heterocycles. The summed E-state index contributed by atoms with van der Waals surface area (Å²) < 4.78 is 89.7. The van der Waals surface area contributed by atoms with Gasteiger partial charge >= 0.3 is 0 Å². The topological polar surface area (TPSA) is 0 Å². The summed E-state index contributed by atoms with van der Waals surface area (Å²) in [6.45, 7) is 20.9. The van der Waals surface area contributed by atoms with Crippen molar-refractivity contribution in [2.75, 3.05) is 0 Å². The molecule has 0 nitrogen and oxygen atoms in total. The molecule has 3 rings (SSSR count). The summed E-state index contributed by atoms with van der Waals surface area (Å²) in [5.74, 6) is -7.42. The summed E-state index contributed by atoms with van der Waals surface area (Å²) >= 11 is 0. The minimum atomic E-state index is -1.41. The molecule has 7 heteroatoms. The zero-order chi connectivity index (χ0) is 30.7. The zero-order valence-corrected chi connectivity index (χ0v) is 24.6. The Labute approximate surface area is 228 Å². The molecule has 0 atom stereocenters. The Morgan fingerprint density at radius 3 is 1.23 bits per heavy atom. The summed E-state index contributed by atoms with van der Waals surface area (Å²) in [5, 5.41) is 0. The van der Waals surface area contributed by atoms with E-state index in [4.69, 9.17) is 0 Å². The van der Waals surface area contributed by atoms with E-state index in [-0.39, 0.29) is 22.2 Å². The Bertz CT molecular complexity index is 1200. The highest BCUT2D eigenvalue weighted by Gasteiger charge is 2.23. The number of halogens is 7. The summed E-state index contributed by atoms with van der Waals surface area (Å²) in [5.41, 5.74) is 2.91. The van der Waals surface area contributed by atoms with Crippen LogP contribution in [0.25, 0.3) is 0 Å². The molecular weight excluding hydrogens is 517 g/mol. The fourth-order valence-corrected chi connectivity index (χ4v) is 3.69. The molecule has 0 spiro atoms. The molecule has 0 radical (unpaired) electrons. The monoisotopic (exact) mass is 556 g/mol. The highest BCUT2D eigenvalue weighted by atomic mass is 19.2. The van der Waals surface area contributed by atoms with E-state index >= 15 is 0 Å². The van der Waals surface area contributed by atoms with Crippen LogP contribution >= 0.6 is 0 Å². The van der Waals surface area contributed by atoms with Crippen LogP contribution in [0.4, 0.5) is 30.7 Å². The van der Waals surface area contributed by atoms with Crippen LogP contribution in [0.2, 0.25) is 0 Å². The van der Waals surface area contributed by atoms with Crippen LogP contribution in [0, 0.1) is 54.6 Å². The molecule has 0 fully saturated rings. The maximum absolute atomic E-state index is 13.1. The lowest BCUT2D eigenvalue weighted by molar-refractivity contribution is 0.423. The lowest BCUT2D eigenvalue weighted by Crippen LogP contribution is -2.15. The van der Waals surface area contributed by atoms with Crippen molar-refractivity contribution in [2.45, 2.75) is 92.4 Å². The molecule has 0 amide bonds. The van der Waals surface area contributed by atoms with Crippen LogP contribution in [0.15, 0.2) is 36.4 Å². The van der Waals surface area contributed by atoms with Gasteiger partial charge in [-0.25, -0.2) is 30.7 Å². The Morgan fingerprint density at radius 1 is 0.410 bits per heavy atom. The zero-order valence-electron chi connectivity index (χ0n) is 24.6. The molecule has 0 unspecified atom stereocenters. The lowest BCUT2D eigenvalue weighted by atomic mass is 9.83. The third-order valence-electron chi connectivity index (χ3n) is 6.22. The highest BCUT2D eigenvalue weighted by molar-refractivity contribution is 5.38. The third-order valence-corrected chi connectivity index (χ3v) is 6.22. The van der Waals surface area contributed by atoms with Gasteiger partial charge in [0.2, 0.25) is 0 Å². The maximum Gasteiger partial charge on any atom is 0.194 e. The first-order chi connectivity index (χ1) is 17.5. The molecule has 39 heavy (non-hydrogen) atoms. The second kappa shape index (κ2) is 12.6. The van der Waals surface area contributed by atoms with Gasteiger partial charge in [0.15, 0.2) is 34.9 Å². The van der Waals surface area contributed by atoms with Crippen LogP contribution in [0.1, 0.15) is 90.1 Å². The predicted molar refractivity (Wildman–Crippen MR) is 145 cm³/mol. The number of rotatable bonds is 0. The highest BCUT2D eigenvalue weighted by Crippen LogP contribution is 2.29. The van der Waals surface area contributed by atoms with E-state index in [0.717, 1.165) is 29.3 Å². The average molecular weight is 557 g/mol. The quantitative estimate of drug-likeness (QED) is 0.191. The van der Waals surface area contributed by atoms with Gasteiger partial charge in [-0.2, -0.15) is 0 Å². The van der Waals surface area contributed by atoms with E-state index in [0.29, 0.717) is 5.56 Å². The first kappa shape index (κ1) is 34.2. The standard InChI is InChI=1S/C12H17F.2C10H11F3/c1-8-9(2)11(13)7-6-10(8)12(3,4)5;1-10(2,3)6-4-7(11)9(13)8(12)5-6;1-10(2,3)6-4-5-7(11)9(13)8(6)12/h6-7H,1-5H3;2*4-5H,1-3H3. The Hall–Kier alpha value is -2.83. The third kappa shape index (κ3) is 9.11. The van der Waals surface area contributed by atoms with Crippen LogP contribution in [0.5, 0.6) is 0 Å². The van der Waals surface area contributed by atoms with Crippen LogP contribution in [0.3, 0.4) is 0 Å². The first-order valence-corrected chi connectivity index (χ1v) is 12.5. The van der Waals surface area contributed by atoms with E-state index in [1.165, 1.54) is 11.6 Å². The molecule has 0 aliphatic heterocycles. The van der Waals surface area contributed by atoms with Gasteiger partial charge in [-0.1, -0.05) is 74.4 Å². The summed E-state index contributed by atoms with van der Waals surface area (Å²) in [6.07, 6.45) is 0. The second-order valence-electron chi connectivity index (χ2n) is 12.6. The number of benzene rings is 3. The number of hydrogen-bond donors (Lipinski definition) is 0. The molecule has 216 valence electrons. The van der Waals surface area contributed by atoms with Crippen molar-refractivity contribution in [1.29, 1.82) is 0 Å². The second-order valence-corrected chi connectivity index (χ2v) is 12.6. The van der Waals surface area contributed by atoms with Gasteiger partial charge in [0, 0.05) is 0 Å². The fraction of sp³-hybridized carbons (Fsp3) is 0.438. The lowest BCUT2D eigenvalue weighted by Gasteiger charge is -2.22.